The number of hydrogen-bond donors (Lipinski definition) is 0. The molecule has 0 saturated carbocycles. The van der Waals surface area contributed by atoms with Crippen molar-refractivity contribution in [3.05, 3.63) is 47.6 Å². The van der Waals surface area contributed by atoms with Gasteiger partial charge in [0.05, 0.1) is 10.7 Å². The van der Waals surface area contributed by atoms with Crippen molar-refractivity contribution in [2.24, 2.45) is 0 Å². The molecule has 0 aliphatic rings. The molecule has 0 saturated heterocycles. The summed E-state index contributed by atoms with van der Waals surface area (Å²) in [6, 6.07) is 12.0. The Morgan fingerprint density at radius 2 is 1.93 bits per heavy atom. The molecule has 0 spiro atoms. The van der Waals surface area contributed by atoms with E-state index in [1.807, 2.05) is 24.3 Å². The number of hydrogen-bond acceptors (Lipinski definition) is 2. The SMILES string of the molecule is CSc1ccccc1-c1ccc(Cl)cn1. The van der Waals surface area contributed by atoms with E-state index in [1.54, 1.807) is 18.0 Å². The summed E-state index contributed by atoms with van der Waals surface area (Å²) in [7, 11) is 0. The number of rotatable bonds is 2. The summed E-state index contributed by atoms with van der Waals surface area (Å²) in [4.78, 5) is 5.54. The first-order valence-electron chi connectivity index (χ1n) is 4.56. The van der Waals surface area contributed by atoms with E-state index >= 15 is 0 Å². The lowest BCUT2D eigenvalue weighted by molar-refractivity contribution is 1.29. The topological polar surface area (TPSA) is 12.9 Å². The van der Waals surface area contributed by atoms with Gasteiger partial charge in [-0.2, -0.15) is 0 Å². The van der Waals surface area contributed by atoms with Gasteiger partial charge in [0.25, 0.3) is 0 Å². The van der Waals surface area contributed by atoms with Crippen molar-refractivity contribution in [2.45, 2.75) is 4.90 Å². The van der Waals surface area contributed by atoms with Gasteiger partial charge < -0.3 is 0 Å². The molecule has 0 N–H and O–H groups in total. The number of nitrogens with zero attached hydrogens (tertiary/aromatic N) is 1. The van der Waals surface area contributed by atoms with Gasteiger partial charge in [-0.25, -0.2) is 0 Å². The standard InChI is InChI=1S/C12H10ClNS/c1-15-12-5-3-2-4-10(12)11-7-6-9(13)8-14-11/h2-8H,1H3. The lowest BCUT2D eigenvalue weighted by Gasteiger charge is -2.05. The smallest absolute Gasteiger partial charge is 0.0714 e. The summed E-state index contributed by atoms with van der Waals surface area (Å²) in [6.45, 7) is 0. The highest BCUT2D eigenvalue weighted by molar-refractivity contribution is 7.98. The first kappa shape index (κ1) is 10.5. The zero-order chi connectivity index (χ0) is 10.7. The lowest BCUT2D eigenvalue weighted by Crippen LogP contribution is -1.84. The minimum absolute atomic E-state index is 0.667. The zero-order valence-corrected chi connectivity index (χ0v) is 9.85. The average Bonchev–Trinajstić information content (AvgIpc) is 2.30. The van der Waals surface area contributed by atoms with Gasteiger partial charge in [0.2, 0.25) is 0 Å². The van der Waals surface area contributed by atoms with E-state index in [-0.39, 0.29) is 0 Å². The highest BCUT2D eigenvalue weighted by Gasteiger charge is 2.03. The van der Waals surface area contributed by atoms with Crippen molar-refractivity contribution in [1.82, 2.24) is 4.98 Å². The molecular formula is C12H10ClNS. The normalized spacial score (nSPS) is 10.3. The Kier molecular flexibility index (Phi) is 3.29. The van der Waals surface area contributed by atoms with Crippen LogP contribution in [-0.4, -0.2) is 11.2 Å². The second-order valence-corrected chi connectivity index (χ2v) is 4.35. The third-order valence-corrected chi connectivity index (χ3v) is 3.13. The van der Waals surface area contributed by atoms with Crippen molar-refractivity contribution >= 4 is 23.4 Å². The number of benzene rings is 1. The maximum atomic E-state index is 5.81. The Morgan fingerprint density at radius 3 is 2.60 bits per heavy atom. The number of thioether (sulfide) groups is 1. The van der Waals surface area contributed by atoms with Crippen molar-refractivity contribution in [1.29, 1.82) is 0 Å². The summed E-state index contributed by atoms with van der Waals surface area (Å²) < 4.78 is 0. The molecule has 1 heterocycles. The van der Waals surface area contributed by atoms with Crippen molar-refractivity contribution < 1.29 is 0 Å². The molecule has 0 radical (unpaired) electrons. The van der Waals surface area contributed by atoms with Gasteiger partial charge in [-0.15, -0.1) is 11.8 Å². The van der Waals surface area contributed by atoms with Gasteiger partial charge in [-0.3, -0.25) is 4.98 Å². The first-order valence-corrected chi connectivity index (χ1v) is 6.16. The van der Waals surface area contributed by atoms with E-state index < -0.39 is 0 Å². The van der Waals surface area contributed by atoms with Crippen LogP contribution in [0.4, 0.5) is 0 Å². The van der Waals surface area contributed by atoms with E-state index in [9.17, 15) is 0 Å². The molecule has 76 valence electrons. The Balaban J connectivity index is 2.49. The molecule has 0 bridgehead atoms. The fourth-order valence-corrected chi connectivity index (χ4v) is 2.11. The zero-order valence-electron chi connectivity index (χ0n) is 8.27. The molecule has 1 nitrogen and oxygen atoms in total. The number of pyridine rings is 1. The molecule has 0 unspecified atom stereocenters. The average molecular weight is 236 g/mol. The summed E-state index contributed by atoms with van der Waals surface area (Å²) in [5.41, 5.74) is 2.12. The highest BCUT2D eigenvalue weighted by atomic mass is 35.5. The minimum atomic E-state index is 0.667. The van der Waals surface area contributed by atoms with Crippen LogP contribution in [0.15, 0.2) is 47.5 Å². The van der Waals surface area contributed by atoms with Crippen LogP contribution in [0, 0.1) is 0 Å². The minimum Gasteiger partial charge on any atom is -0.255 e. The maximum Gasteiger partial charge on any atom is 0.0714 e. The van der Waals surface area contributed by atoms with E-state index in [0.717, 1.165) is 11.3 Å². The molecule has 15 heavy (non-hydrogen) atoms. The largest absolute Gasteiger partial charge is 0.255 e. The van der Waals surface area contributed by atoms with Gasteiger partial charge in [0, 0.05) is 16.7 Å². The Hall–Kier alpha value is -0.990. The summed E-state index contributed by atoms with van der Waals surface area (Å²) in [5, 5.41) is 0.667. The second-order valence-electron chi connectivity index (χ2n) is 3.06. The Labute approximate surface area is 98.5 Å². The molecule has 0 atom stereocenters. The van der Waals surface area contributed by atoms with E-state index in [1.165, 1.54) is 4.90 Å². The van der Waals surface area contributed by atoms with Crippen LogP contribution in [0.3, 0.4) is 0 Å². The fraction of sp³-hybridized carbons (Fsp3) is 0.0833. The molecule has 0 aliphatic carbocycles. The molecule has 1 aromatic heterocycles. The quantitative estimate of drug-likeness (QED) is 0.727. The summed E-state index contributed by atoms with van der Waals surface area (Å²) in [6.07, 6.45) is 3.74. The molecule has 2 rings (SSSR count). The fourth-order valence-electron chi connectivity index (χ4n) is 1.39. The maximum absolute atomic E-state index is 5.81. The molecule has 0 amide bonds. The van der Waals surface area contributed by atoms with Crippen LogP contribution >= 0.6 is 23.4 Å². The lowest BCUT2D eigenvalue weighted by atomic mass is 10.1. The van der Waals surface area contributed by atoms with Crippen molar-refractivity contribution in [2.75, 3.05) is 6.26 Å². The summed E-state index contributed by atoms with van der Waals surface area (Å²) >= 11 is 7.53. The van der Waals surface area contributed by atoms with E-state index in [4.69, 9.17) is 11.6 Å². The van der Waals surface area contributed by atoms with Gasteiger partial charge >= 0.3 is 0 Å². The van der Waals surface area contributed by atoms with E-state index in [0.29, 0.717) is 5.02 Å². The summed E-state index contributed by atoms with van der Waals surface area (Å²) in [5.74, 6) is 0. The molecular weight excluding hydrogens is 226 g/mol. The molecule has 0 aliphatic heterocycles. The van der Waals surface area contributed by atoms with E-state index in [2.05, 4.69) is 23.4 Å². The monoisotopic (exact) mass is 235 g/mol. The second kappa shape index (κ2) is 4.69. The van der Waals surface area contributed by atoms with Gasteiger partial charge in [-0.05, 0) is 24.5 Å². The van der Waals surface area contributed by atoms with Crippen LogP contribution in [0.1, 0.15) is 0 Å². The van der Waals surface area contributed by atoms with Crippen LogP contribution in [0.5, 0.6) is 0 Å². The van der Waals surface area contributed by atoms with Crippen LogP contribution in [0.2, 0.25) is 5.02 Å². The third-order valence-electron chi connectivity index (χ3n) is 2.11. The molecule has 3 heteroatoms. The van der Waals surface area contributed by atoms with Crippen LogP contribution in [0.25, 0.3) is 11.3 Å². The molecule has 1 aromatic carbocycles. The first-order chi connectivity index (χ1) is 7.31. The highest BCUT2D eigenvalue weighted by Crippen LogP contribution is 2.28. The van der Waals surface area contributed by atoms with Gasteiger partial charge in [0.1, 0.15) is 0 Å². The predicted molar refractivity (Wildman–Crippen MR) is 66.5 cm³/mol. The van der Waals surface area contributed by atoms with Crippen LogP contribution in [-0.2, 0) is 0 Å². The Bertz CT molecular complexity index is 453. The predicted octanol–water partition coefficient (Wildman–Crippen LogP) is 4.12. The van der Waals surface area contributed by atoms with Crippen LogP contribution < -0.4 is 0 Å². The van der Waals surface area contributed by atoms with Crippen molar-refractivity contribution in [3.8, 4) is 11.3 Å². The Morgan fingerprint density at radius 1 is 1.13 bits per heavy atom. The van der Waals surface area contributed by atoms with Gasteiger partial charge in [0.15, 0.2) is 0 Å². The molecule has 0 fully saturated rings. The van der Waals surface area contributed by atoms with Crippen molar-refractivity contribution in [3.63, 3.8) is 0 Å². The number of halogens is 1. The van der Waals surface area contributed by atoms with Gasteiger partial charge in [-0.1, -0.05) is 29.8 Å². The third kappa shape index (κ3) is 2.33. The number of aromatic nitrogens is 1. The molecule has 2 aromatic rings.